The summed E-state index contributed by atoms with van der Waals surface area (Å²) in [4.78, 5) is 10.4. The molecule has 0 atom stereocenters. The molecule has 0 fully saturated rings. The molecule has 108 valence electrons. The molecule has 0 spiro atoms. The van der Waals surface area contributed by atoms with E-state index in [4.69, 9.17) is 16.1 Å². The van der Waals surface area contributed by atoms with Crippen LogP contribution in [0.3, 0.4) is 0 Å². The van der Waals surface area contributed by atoms with E-state index >= 15 is 0 Å². The Kier molecular flexibility index (Phi) is 8.18. The summed E-state index contributed by atoms with van der Waals surface area (Å²) < 4.78 is 0. The second-order valence-electron chi connectivity index (χ2n) is 4.19. The van der Waals surface area contributed by atoms with Crippen molar-refractivity contribution in [3.63, 3.8) is 0 Å². The molecular weight excluding hydrogens is 256 g/mol. The van der Waals surface area contributed by atoms with Crippen LogP contribution in [0.25, 0.3) is 0 Å². The number of aliphatic hydroxyl groups excluding tert-OH is 1. The highest BCUT2D eigenvalue weighted by Crippen LogP contribution is 2.17. The van der Waals surface area contributed by atoms with Crippen LogP contribution in [-0.2, 0) is 4.79 Å². The quantitative estimate of drug-likeness (QED) is 0.242. The zero-order chi connectivity index (χ0) is 15.5. The molecule has 0 aliphatic heterocycles. The summed E-state index contributed by atoms with van der Waals surface area (Å²) in [5.41, 5.74) is 2.38. The Morgan fingerprint density at radius 2 is 1.95 bits per heavy atom. The van der Waals surface area contributed by atoms with Crippen molar-refractivity contribution in [2.24, 2.45) is 10.9 Å². The minimum atomic E-state index is -0.788. The number of aliphatic hydroxyl groups is 1. The van der Waals surface area contributed by atoms with E-state index in [0.717, 1.165) is 6.42 Å². The Labute approximate surface area is 118 Å². The predicted octanol–water partition coefficient (Wildman–Crippen LogP) is 2.85. The van der Waals surface area contributed by atoms with Gasteiger partial charge in [0.05, 0.1) is 6.21 Å². The minimum Gasteiger partial charge on any atom is -0.509 e. The zero-order valence-corrected chi connectivity index (χ0v) is 11.5. The zero-order valence-electron chi connectivity index (χ0n) is 11.5. The lowest BCUT2D eigenvalue weighted by molar-refractivity contribution is -0.132. The Hall–Kier alpha value is -2.56. The van der Waals surface area contributed by atoms with Crippen LogP contribution in [0.15, 0.2) is 65.0 Å². The van der Waals surface area contributed by atoms with Crippen molar-refractivity contribution in [3.8, 4) is 0 Å². The number of hydrazone groups is 1. The SMILES string of the molecule is C=C(O)/C=C\C(=C)/C=N/N.CC1=CC=C(C(=O)O)CC1. The fourth-order valence-corrected chi connectivity index (χ4v) is 1.26. The van der Waals surface area contributed by atoms with Gasteiger partial charge in [0.2, 0.25) is 0 Å². The van der Waals surface area contributed by atoms with Crippen LogP contribution >= 0.6 is 0 Å². The van der Waals surface area contributed by atoms with Crippen molar-refractivity contribution in [1.29, 1.82) is 0 Å². The van der Waals surface area contributed by atoms with Gasteiger partial charge < -0.3 is 16.1 Å². The molecule has 0 aromatic rings. The topological polar surface area (TPSA) is 95.9 Å². The van der Waals surface area contributed by atoms with Crippen molar-refractivity contribution in [2.45, 2.75) is 19.8 Å². The lowest BCUT2D eigenvalue weighted by atomic mass is 10.00. The number of allylic oxidation sites excluding steroid dienone is 6. The lowest BCUT2D eigenvalue weighted by Crippen LogP contribution is -2.02. The highest BCUT2D eigenvalue weighted by molar-refractivity contribution is 5.87. The predicted molar refractivity (Wildman–Crippen MR) is 81.4 cm³/mol. The van der Waals surface area contributed by atoms with Gasteiger partial charge >= 0.3 is 5.97 Å². The number of carbonyl (C=O) groups is 1. The van der Waals surface area contributed by atoms with Gasteiger partial charge in [-0.25, -0.2) is 4.79 Å². The molecule has 1 aliphatic carbocycles. The normalized spacial score (nSPS) is 14.2. The van der Waals surface area contributed by atoms with E-state index in [0.29, 0.717) is 17.6 Å². The van der Waals surface area contributed by atoms with E-state index in [9.17, 15) is 4.79 Å². The Morgan fingerprint density at radius 3 is 2.35 bits per heavy atom. The maximum atomic E-state index is 10.4. The van der Waals surface area contributed by atoms with E-state index < -0.39 is 5.97 Å². The maximum absolute atomic E-state index is 10.4. The molecule has 0 heterocycles. The van der Waals surface area contributed by atoms with E-state index in [1.165, 1.54) is 17.9 Å². The standard InChI is InChI=1S/C8H10O2.C7H10N2O/c1-6-2-4-7(5-3-6)8(9)10;1-6(5-9-8)3-4-7(2)10/h2,4H,3,5H2,1H3,(H,9,10);3-5,10H,1-2,8H2/b;4-3-,9-5+. The third-order valence-corrected chi connectivity index (χ3v) is 2.36. The van der Waals surface area contributed by atoms with Crippen LogP contribution in [-0.4, -0.2) is 22.4 Å². The van der Waals surface area contributed by atoms with E-state index in [-0.39, 0.29) is 5.76 Å². The largest absolute Gasteiger partial charge is 0.509 e. The molecule has 5 nitrogen and oxygen atoms in total. The van der Waals surface area contributed by atoms with Gasteiger partial charge in [0.15, 0.2) is 0 Å². The van der Waals surface area contributed by atoms with Gasteiger partial charge in [-0.2, -0.15) is 5.10 Å². The van der Waals surface area contributed by atoms with Crippen LogP contribution < -0.4 is 5.84 Å². The van der Waals surface area contributed by atoms with Crippen LogP contribution in [0.1, 0.15) is 19.8 Å². The first-order chi connectivity index (χ1) is 9.36. The van der Waals surface area contributed by atoms with Crippen LogP contribution in [0, 0.1) is 0 Å². The van der Waals surface area contributed by atoms with Gasteiger partial charge in [-0.05, 0) is 31.4 Å². The molecule has 1 aliphatic rings. The summed E-state index contributed by atoms with van der Waals surface area (Å²) >= 11 is 0. The summed E-state index contributed by atoms with van der Waals surface area (Å²) in [5.74, 6) is 4.02. The van der Waals surface area contributed by atoms with Gasteiger partial charge in [0.25, 0.3) is 0 Å². The molecule has 0 aromatic carbocycles. The number of hydrogen-bond donors (Lipinski definition) is 3. The third kappa shape index (κ3) is 8.52. The van der Waals surface area contributed by atoms with Gasteiger partial charge in [-0.1, -0.05) is 37.0 Å². The maximum Gasteiger partial charge on any atom is 0.331 e. The van der Waals surface area contributed by atoms with E-state index in [2.05, 4.69) is 18.3 Å². The highest BCUT2D eigenvalue weighted by Gasteiger charge is 2.08. The second kappa shape index (κ2) is 9.38. The molecule has 1 rings (SSSR count). The van der Waals surface area contributed by atoms with Crippen molar-refractivity contribution >= 4 is 12.2 Å². The molecule has 20 heavy (non-hydrogen) atoms. The molecule has 0 radical (unpaired) electrons. The highest BCUT2D eigenvalue weighted by atomic mass is 16.4. The average molecular weight is 276 g/mol. The van der Waals surface area contributed by atoms with Crippen LogP contribution in [0.4, 0.5) is 0 Å². The summed E-state index contributed by atoms with van der Waals surface area (Å²) in [7, 11) is 0. The molecule has 0 saturated carbocycles. The van der Waals surface area contributed by atoms with E-state index in [1.54, 1.807) is 12.2 Å². The number of carboxylic acids is 1. The number of hydrogen-bond acceptors (Lipinski definition) is 4. The molecule has 0 aromatic heterocycles. The number of aliphatic carboxylic acids is 1. The summed E-state index contributed by atoms with van der Waals surface area (Å²) in [6.45, 7) is 8.80. The number of carboxylic acid groups (broad SMARTS) is 1. The first-order valence-electron chi connectivity index (χ1n) is 5.94. The molecule has 0 amide bonds. The second-order valence-corrected chi connectivity index (χ2v) is 4.19. The summed E-state index contributed by atoms with van der Waals surface area (Å²) in [6.07, 6.45) is 9.45. The first-order valence-corrected chi connectivity index (χ1v) is 5.94. The van der Waals surface area contributed by atoms with E-state index in [1.807, 2.05) is 13.0 Å². The van der Waals surface area contributed by atoms with Crippen molar-refractivity contribution in [2.75, 3.05) is 0 Å². The Morgan fingerprint density at radius 1 is 1.30 bits per heavy atom. The number of nitrogens with zero attached hydrogens (tertiary/aromatic N) is 1. The molecule has 0 unspecified atom stereocenters. The monoisotopic (exact) mass is 276 g/mol. The molecule has 5 heteroatoms. The van der Waals surface area contributed by atoms with Crippen molar-refractivity contribution < 1.29 is 15.0 Å². The molecule has 0 saturated heterocycles. The Bertz CT molecular complexity index is 497. The fraction of sp³-hybridized carbons (Fsp3) is 0.200. The van der Waals surface area contributed by atoms with Gasteiger partial charge in [-0.3, -0.25) is 0 Å². The first kappa shape index (κ1) is 17.4. The van der Waals surface area contributed by atoms with Gasteiger partial charge in [0.1, 0.15) is 5.76 Å². The van der Waals surface area contributed by atoms with Gasteiger partial charge in [0, 0.05) is 5.57 Å². The smallest absolute Gasteiger partial charge is 0.331 e. The number of nitrogens with two attached hydrogens (primary N) is 1. The fourth-order valence-electron chi connectivity index (χ4n) is 1.26. The average Bonchev–Trinajstić information content (AvgIpc) is 2.38. The van der Waals surface area contributed by atoms with Crippen molar-refractivity contribution in [1.82, 2.24) is 0 Å². The van der Waals surface area contributed by atoms with Crippen LogP contribution in [0.5, 0.6) is 0 Å². The lowest BCUT2D eigenvalue weighted by Gasteiger charge is -2.06. The third-order valence-electron chi connectivity index (χ3n) is 2.36. The van der Waals surface area contributed by atoms with Crippen molar-refractivity contribution in [3.05, 3.63) is 59.9 Å². The number of rotatable bonds is 4. The van der Waals surface area contributed by atoms with Gasteiger partial charge in [-0.15, -0.1) is 0 Å². The van der Waals surface area contributed by atoms with Crippen LogP contribution in [0.2, 0.25) is 0 Å². The molecular formula is C15H20N2O3. The summed E-state index contributed by atoms with van der Waals surface area (Å²) in [5, 5.41) is 20.3. The minimum absolute atomic E-state index is 0.0217. The Balaban J connectivity index is 0.000000361. The molecule has 4 N–H and O–H groups in total. The summed E-state index contributed by atoms with van der Waals surface area (Å²) in [6, 6.07) is 0. The molecule has 0 bridgehead atoms.